The molecule has 0 spiro atoms. The van der Waals surface area contributed by atoms with Crippen LogP contribution < -0.4 is 5.73 Å². The zero-order valence-corrected chi connectivity index (χ0v) is 13.9. The fourth-order valence-electron chi connectivity index (χ4n) is 2.05. The molecule has 0 fully saturated rings. The Labute approximate surface area is 145 Å². The minimum Gasteiger partial charge on any atom is -0.504 e. The van der Waals surface area contributed by atoms with Gasteiger partial charge in [-0.3, -0.25) is 4.79 Å². The lowest BCUT2D eigenvalue weighted by molar-refractivity contribution is -0.138. The summed E-state index contributed by atoms with van der Waals surface area (Å²) in [5.41, 5.74) is 6.92. The predicted molar refractivity (Wildman–Crippen MR) is 92.9 cm³/mol. The largest absolute Gasteiger partial charge is 0.504 e. The van der Waals surface area contributed by atoms with Crippen molar-refractivity contribution >= 4 is 5.97 Å². The molecular weight excluding hydrogens is 326 g/mol. The van der Waals surface area contributed by atoms with Crippen molar-refractivity contribution in [1.29, 1.82) is 0 Å². The first-order valence-corrected chi connectivity index (χ1v) is 7.74. The van der Waals surface area contributed by atoms with Crippen molar-refractivity contribution < 1.29 is 30.3 Å². The fourth-order valence-corrected chi connectivity index (χ4v) is 2.05. The molecule has 2 aromatic carbocycles. The Hall–Kier alpha value is -2.93. The first kappa shape index (κ1) is 20.1. The standard InChI is InChI=1S/C9H11NO4.C9H12O2/c10-6(9(13)14)3-5-1-2-7(11)8(12)4-5;1-2-3-7-4-5-8(10)9(11)6-7/h1-2,4,6,11-12H,3,10H2,(H,13,14);4-6,10-11H,2-3H2,1H3/t6-;/m0./s1. The molecule has 0 aliphatic heterocycles. The van der Waals surface area contributed by atoms with Gasteiger partial charge in [0.15, 0.2) is 23.0 Å². The molecule has 136 valence electrons. The molecule has 7 N–H and O–H groups in total. The average Bonchev–Trinajstić information content (AvgIpc) is 2.55. The van der Waals surface area contributed by atoms with E-state index in [0.29, 0.717) is 5.56 Å². The van der Waals surface area contributed by atoms with Crippen molar-refractivity contribution in [3.63, 3.8) is 0 Å². The van der Waals surface area contributed by atoms with Gasteiger partial charge in [0.2, 0.25) is 0 Å². The summed E-state index contributed by atoms with van der Waals surface area (Å²) in [5.74, 6) is -1.70. The summed E-state index contributed by atoms with van der Waals surface area (Å²) in [6, 6.07) is 8.02. The Kier molecular flexibility index (Phi) is 7.55. The number of aromatic hydroxyl groups is 4. The van der Waals surface area contributed by atoms with Crippen molar-refractivity contribution in [2.75, 3.05) is 0 Å². The molecule has 0 saturated carbocycles. The van der Waals surface area contributed by atoms with E-state index < -0.39 is 12.0 Å². The fraction of sp³-hybridized carbons (Fsp3) is 0.278. The highest BCUT2D eigenvalue weighted by Crippen LogP contribution is 2.26. The summed E-state index contributed by atoms with van der Waals surface area (Å²) < 4.78 is 0. The number of aliphatic carboxylic acids is 1. The quantitative estimate of drug-likeness (QED) is 0.453. The molecule has 25 heavy (non-hydrogen) atoms. The lowest BCUT2D eigenvalue weighted by Crippen LogP contribution is -2.32. The number of phenols is 4. The van der Waals surface area contributed by atoms with Crippen molar-refractivity contribution in [2.24, 2.45) is 5.73 Å². The number of phenolic OH excluding ortho intramolecular Hbond substituents is 4. The Morgan fingerprint density at radius 2 is 1.40 bits per heavy atom. The van der Waals surface area contributed by atoms with E-state index in [1.807, 2.05) is 6.07 Å². The van der Waals surface area contributed by atoms with Gasteiger partial charge in [-0.15, -0.1) is 0 Å². The molecule has 0 aliphatic rings. The Bertz CT molecular complexity index is 717. The summed E-state index contributed by atoms with van der Waals surface area (Å²) >= 11 is 0. The van der Waals surface area contributed by atoms with Crippen LogP contribution in [0.4, 0.5) is 0 Å². The highest BCUT2D eigenvalue weighted by Gasteiger charge is 2.12. The number of nitrogens with two attached hydrogens (primary N) is 1. The third-order valence-electron chi connectivity index (χ3n) is 3.39. The summed E-state index contributed by atoms with van der Waals surface area (Å²) in [7, 11) is 0. The first-order valence-electron chi connectivity index (χ1n) is 7.74. The highest BCUT2D eigenvalue weighted by molar-refractivity contribution is 5.73. The Balaban J connectivity index is 0.000000257. The second kappa shape index (κ2) is 9.39. The van der Waals surface area contributed by atoms with Crippen LogP contribution in [0.3, 0.4) is 0 Å². The van der Waals surface area contributed by atoms with Gasteiger partial charge in [-0.2, -0.15) is 0 Å². The molecule has 7 nitrogen and oxygen atoms in total. The van der Waals surface area contributed by atoms with Crippen LogP contribution in [0.15, 0.2) is 36.4 Å². The second-order valence-corrected chi connectivity index (χ2v) is 5.54. The summed E-state index contributed by atoms with van der Waals surface area (Å²) in [4.78, 5) is 10.4. The molecule has 2 rings (SSSR count). The van der Waals surface area contributed by atoms with Crippen LogP contribution in [-0.2, 0) is 17.6 Å². The normalized spacial score (nSPS) is 11.3. The molecule has 0 radical (unpaired) electrons. The van der Waals surface area contributed by atoms with Crippen LogP contribution >= 0.6 is 0 Å². The van der Waals surface area contributed by atoms with Crippen molar-refractivity contribution in [3.05, 3.63) is 47.5 Å². The van der Waals surface area contributed by atoms with E-state index in [-0.39, 0.29) is 29.4 Å². The van der Waals surface area contributed by atoms with Crippen LogP contribution in [0.25, 0.3) is 0 Å². The molecule has 0 aliphatic carbocycles. The minimum atomic E-state index is -1.10. The van der Waals surface area contributed by atoms with Gasteiger partial charge in [-0.1, -0.05) is 25.5 Å². The summed E-state index contributed by atoms with van der Waals surface area (Å²) in [6.45, 7) is 2.07. The minimum absolute atomic E-state index is 0.0315. The van der Waals surface area contributed by atoms with Crippen molar-refractivity contribution in [3.8, 4) is 23.0 Å². The lowest BCUT2D eigenvalue weighted by Gasteiger charge is -2.06. The lowest BCUT2D eigenvalue weighted by atomic mass is 10.1. The van der Waals surface area contributed by atoms with Crippen LogP contribution in [0.2, 0.25) is 0 Å². The van der Waals surface area contributed by atoms with E-state index in [4.69, 9.17) is 31.3 Å². The van der Waals surface area contributed by atoms with Gasteiger partial charge in [0.1, 0.15) is 6.04 Å². The van der Waals surface area contributed by atoms with Crippen molar-refractivity contribution in [1.82, 2.24) is 0 Å². The van der Waals surface area contributed by atoms with Gasteiger partial charge in [-0.05, 0) is 48.2 Å². The molecule has 2 aromatic rings. The monoisotopic (exact) mass is 349 g/mol. The Morgan fingerprint density at radius 1 is 0.920 bits per heavy atom. The van der Waals surface area contributed by atoms with E-state index >= 15 is 0 Å². The number of carboxylic acids is 1. The second-order valence-electron chi connectivity index (χ2n) is 5.54. The van der Waals surface area contributed by atoms with E-state index in [1.165, 1.54) is 24.3 Å². The molecule has 0 bridgehead atoms. The summed E-state index contributed by atoms with van der Waals surface area (Å²) in [6.07, 6.45) is 2.10. The van der Waals surface area contributed by atoms with Crippen LogP contribution in [0.5, 0.6) is 23.0 Å². The van der Waals surface area contributed by atoms with E-state index in [1.54, 1.807) is 6.07 Å². The molecule has 0 saturated heterocycles. The third kappa shape index (κ3) is 6.60. The highest BCUT2D eigenvalue weighted by atomic mass is 16.4. The predicted octanol–water partition coefficient (Wildman–Crippen LogP) is 2.10. The number of aryl methyl sites for hydroxylation is 1. The maximum Gasteiger partial charge on any atom is 0.320 e. The maximum absolute atomic E-state index is 10.4. The van der Waals surface area contributed by atoms with Crippen LogP contribution in [0, 0.1) is 0 Å². The van der Waals surface area contributed by atoms with E-state index in [2.05, 4.69) is 6.92 Å². The topological polar surface area (TPSA) is 144 Å². The summed E-state index contributed by atoms with van der Waals surface area (Å²) in [5, 5.41) is 44.7. The smallest absolute Gasteiger partial charge is 0.320 e. The molecule has 0 unspecified atom stereocenters. The molecular formula is C18H23NO6. The number of hydrogen-bond acceptors (Lipinski definition) is 6. The average molecular weight is 349 g/mol. The third-order valence-corrected chi connectivity index (χ3v) is 3.39. The molecule has 1 atom stereocenters. The van der Waals surface area contributed by atoms with Crippen LogP contribution in [0.1, 0.15) is 24.5 Å². The zero-order valence-electron chi connectivity index (χ0n) is 13.9. The number of rotatable bonds is 5. The van der Waals surface area contributed by atoms with E-state index in [0.717, 1.165) is 18.4 Å². The molecule has 0 aromatic heterocycles. The number of carbonyl (C=O) groups is 1. The van der Waals surface area contributed by atoms with Crippen molar-refractivity contribution in [2.45, 2.75) is 32.2 Å². The van der Waals surface area contributed by atoms with Crippen LogP contribution in [-0.4, -0.2) is 37.5 Å². The molecule has 0 heterocycles. The molecule has 0 amide bonds. The SMILES string of the molecule is CCCc1ccc(O)c(O)c1.N[C@@H](Cc1ccc(O)c(O)c1)C(=O)O. The molecule has 7 heteroatoms. The zero-order chi connectivity index (χ0) is 19.0. The van der Waals surface area contributed by atoms with E-state index in [9.17, 15) is 4.79 Å². The van der Waals surface area contributed by atoms with Gasteiger partial charge in [0.05, 0.1) is 0 Å². The van der Waals surface area contributed by atoms with Gasteiger partial charge in [0.25, 0.3) is 0 Å². The maximum atomic E-state index is 10.4. The first-order chi connectivity index (χ1) is 11.7. The van der Waals surface area contributed by atoms with Gasteiger partial charge in [-0.25, -0.2) is 0 Å². The van der Waals surface area contributed by atoms with Gasteiger partial charge in [0, 0.05) is 0 Å². The van der Waals surface area contributed by atoms with Gasteiger partial charge < -0.3 is 31.3 Å². The number of hydrogen-bond donors (Lipinski definition) is 6. The Morgan fingerprint density at radius 3 is 1.84 bits per heavy atom. The number of carboxylic acid groups (broad SMARTS) is 1. The number of benzene rings is 2. The van der Waals surface area contributed by atoms with Gasteiger partial charge >= 0.3 is 5.97 Å².